The molecule has 90 valence electrons. The molecule has 1 aromatic heterocycles. The molecule has 0 aliphatic carbocycles. The first-order valence-corrected chi connectivity index (χ1v) is 5.48. The Hall–Kier alpha value is -1.97. The number of aromatic amines is 1. The van der Waals surface area contributed by atoms with Crippen LogP contribution in [0.2, 0.25) is 0 Å². The Kier molecular flexibility index (Phi) is 3.04. The average Bonchev–Trinajstić information content (AvgIpc) is 2.70. The Labute approximate surface area is 99.5 Å². The zero-order valence-corrected chi connectivity index (χ0v) is 10.1. The van der Waals surface area contributed by atoms with Crippen LogP contribution in [0.5, 0.6) is 5.75 Å². The highest BCUT2D eigenvalue weighted by molar-refractivity contribution is 5.95. The fraction of sp³-hybridized carbons (Fsp3) is 0.308. The third-order valence-electron chi connectivity index (χ3n) is 2.37. The lowest BCUT2D eigenvalue weighted by molar-refractivity contribution is 0.0595. The van der Waals surface area contributed by atoms with E-state index in [4.69, 9.17) is 4.74 Å². The standard InChI is InChI=1S/C13H15NO3/c1-8(2)17-10-4-5-11-9(6-10)7-12(14-11)13(15)16-3/h4-8,14H,1-3H3. The van der Waals surface area contributed by atoms with Gasteiger partial charge in [-0.2, -0.15) is 0 Å². The van der Waals surface area contributed by atoms with Crippen molar-refractivity contribution in [2.45, 2.75) is 20.0 Å². The van der Waals surface area contributed by atoms with Crippen molar-refractivity contribution >= 4 is 16.9 Å². The van der Waals surface area contributed by atoms with E-state index in [2.05, 4.69) is 9.72 Å². The second-order valence-corrected chi connectivity index (χ2v) is 4.09. The molecule has 0 unspecified atom stereocenters. The van der Waals surface area contributed by atoms with E-state index in [1.54, 1.807) is 6.07 Å². The molecule has 1 N–H and O–H groups in total. The molecule has 4 nitrogen and oxygen atoms in total. The zero-order valence-electron chi connectivity index (χ0n) is 10.1. The maximum absolute atomic E-state index is 11.4. The fourth-order valence-corrected chi connectivity index (χ4v) is 1.68. The molecule has 0 atom stereocenters. The van der Waals surface area contributed by atoms with Gasteiger partial charge in [-0.05, 0) is 38.1 Å². The Morgan fingerprint density at radius 1 is 1.29 bits per heavy atom. The van der Waals surface area contributed by atoms with Gasteiger partial charge in [0.25, 0.3) is 0 Å². The van der Waals surface area contributed by atoms with Crippen LogP contribution in [0.1, 0.15) is 24.3 Å². The number of carbonyl (C=O) groups excluding carboxylic acids is 1. The number of hydrogen-bond acceptors (Lipinski definition) is 3. The van der Waals surface area contributed by atoms with Crippen LogP contribution in [0, 0.1) is 0 Å². The molecule has 2 rings (SSSR count). The van der Waals surface area contributed by atoms with Crippen LogP contribution in [-0.4, -0.2) is 24.2 Å². The molecule has 0 aliphatic heterocycles. The van der Waals surface area contributed by atoms with E-state index in [-0.39, 0.29) is 12.1 Å². The number of H-pyrrole nitrogens is 1. The van der Waals surface area contributed by atoms with E-state index in [1.807, 2.05) is 32.0 Å². The van der Waals surface area contributed by atoms with Crippen molar-refractivity contribution < 1.29 is 14.3 Å². The summed E-state index contributed by atoms with van der Waals surface area (Å²) in [6.07, 6.45) is 0.131. The molecule has 2 aromatic rings. The van der Waals surface area contributed by atoms with Gasteiger partial charge in [-0.1, -0.05) is 0 Å². The van der Waals surface area contributed by atoms with Crippen molar-refractivity contribution in [3.05, 3.63) is 30.0 Å². The van der Waals surface area contributed by atoms with Crippen molar-refractivity contribution in [1.82, 2.24) is 4.98 Å². The van der Waals surface area contributed by atoms with Crippen molar-refractivity contribution in [2.75, 3.05) is 7.11 Å². The predicted molar refractivity (Wildman–Crippen MR) is 65.4 cm³/mol. The molecule has 0 radical (unpaired) electrons. The highest BCUT2D eigenvalue weighted by Gasteiger charge is 2.09. The van der Waals surface area contributed by atoms with Crippen LogP contribution in [-0.2, 0) is 4.74 Å². The van der Waals surface area contributed by atoms with Crippen molar-refractivity contribution in [3.8, 4) is 5.75 Å². The van der Waals surface area contributed by atoms with E-state index in [0.29, 0.717) is 5.69 Å². The van der Waals surface area contributed by atoms with Crippen LogP contribution in [0.15, 0.2) is 24.3 Å². The van der Waals surface area contributed by atoms with Crippen LogP contribution in [0.3, 0.4) is 0 Å². The maximum atomic E-state index is 11.4. The molecular weight excluding hydrogens is 218 g/mol. The first-order valence-electron chi connectivity index (χ1n) is 5.48. The molecule has 0 amide bonds. The van der Waals surface area contributed by atoms with Crippen molar-refractivity contribution in [1.29, 1.82) is 0 Å². The minimum Gasteiger partial charge on any atom is -0.491 e. The predicted octanol–water partition coefficient (Wildman–Crippen LogP) is 2.74. The second kappa shape index (κ2) is 4.49. The molecule has 0 bridgehead atoms. The third kappa shape index (κ3) is 2.41. The molecule has 0 aliphatic rings. The quantitative estimate of drug-likeness (QED) is 0.829. The number of rotatable bonds is 3. The molecule has 0 saturated heterocycles. The minimum absolute atomic E-state index is 0.131. The fourth-order valence-electron chi connectivity index (χ4n) is 1.68. The summed E-state index contributed by atoms with van der Waals surface area (Å²) in [7, 11) is 1.36. The van der Waals surface area contributed by atoms with Crippen LogP contribution < -0.4 is 4.74 Å². The number of hydrogen-bond donors (Lipinski definition) is 1. The van der Waals surface area contributed by atoms with Gasteiger partial charge in [0.2, 0.25) is 0 Å². The Morgan fingerprint density at radius 3 is 2.71 bits per heavy atom. The number of carbonyl (C=O) groups is 1. The lowest BCUT2D eigenvalue weighted by Crippen LogP contribution is -2.04. The smallest absolute Gasteiger partial charge is 0.354 e. The summed E-state index contributed by atoms with van der Waals surface area (Å²) in [4.78, 5) is 14.4. The first-order chi connectivity index (χ1) is 8.10. The number of ether oxygens (including phenoxy) is 2. The van der Waals surface area contributed by atoms with Gasteiger partial charge in [-0.3, -0.25) is 0 Å². The molecule has 0 spiro atoms. The normalized spacial score (nSPS) is 10.8. The van der Waals surface area contributed by atoms with Gasteiger partial charge >= 0.3 is 5.97 Å². The first kappa shape index (κ1) is 11.5. The molecule has 0 fully saturated rings. The second-order valence-electron chi connectivity index (χ2n) is 4.09. The van der Waals surface area contributed by atoms with E-state index in [9.17, 15) is 4.79 Å². The summed E-state index contributed by atoms with van der Waals surface area (Å²) in [5.41, 5.74) is 1.34. The third-order valence-corrected chi connectivity index (χ3v) is 2.37. The monoisotopic (exact) mass is 233 g/mol. The number of benzene rings is 1. The zero-order chi connectivity index (χ0) is 12.4. The summed E-state index contributed by atoms with van der Waals surface area (Å²) in [5.74, 6) is 0.426. The van der Waals surface area contributed by atoms with E-state index < -0.39 is 0 Å². The van der Waals surface area contributed by atoms with Gasteiger partial charge in [0, 0.05) is 10.9 Å². The van der Waals surface area contributed by atoms with Gasteiger partial charge in [-0.25, -0.2) is 4.79 Å². The molecule has 0 saturated carbocycles. The Bertz CT molecular complexity index is 543. The molecule has 1 heterocycles. The summed E-state index contributed by atoms with van der Waals surface area (Å²) >= 11 is 0. The molecule has 4 heteroatoms. The minimum atomic E-state index is -0.368. The van der Waals surface area contributed by atoms with Crippen LogP contribution in [0.25, 0.3) is 10.9 Å². The van der Waals surface area contributed by atoms with Crippen LogP contribution >= 0.6 is 0 Å². The van der Waals surface area contributed by atoms with Gasteiger partial charge < -0.3 is 14.5 Å². The summed E-state index contributed by atoms with van der Waals surface area (Å²) in [6, 6.07) is 7.42. The highest BCUT2D eigenvalue weighted by Crippen LogP contribution is 2.22. The molecule has 1 aromatic carbocycles. The SMILES string of the molecule is COC(=O)c1cc2cc(OC(C)C)ccc2[nH]1. The summed E-state index contributed by atoms with van der Waals surface area (Å²) < 4.78 is 10.2. The lowest BCUT2D eigenvalue weighted by Gasteiger charge is -2.08. The summed E-state index contributed by atoms with van der Waals surface area (Å²) in [5, 5.41) is 0.934. The largest absolute Gasteiger partial charge is 0.491 e. The van der Waals surface area contributed by atoms with Gasteiger partial charge in [0.1, 0.15) is 11.4 Å². The van der Waals surface area contributed by atoms with Gasteiger partial charge in [0.15, 0.2) is 0 Å². The number of aromatic nitrogens is 1. The number of fused-ring (bicyclic) bond motifs is 1. The van der Waals surface area contributed by atoms with Crippen molar-refractivity contribution in [2.24, 2.45) is 0 Å². The van der Waals surface area contributed by atoms with Gasteiger partial charge in [-0.15, -0.1) is 0 Å². The average molecular weight is 233 g/mol. The molecular formula is C13H15NO3. The summed E-state index contributed by atoms with van der Waals surface area (Å²) in [6.45, 7) is 3.95. The lowest BCUT2D eigenvalue weighted by atomic mass is 10.2. The van der Waals surface area contributed by atoms with E-state index in [0.717, 1.165) is 16.7 Å². The van der Waals surface area contributed by atoms with E-state index >= 15 is 0 Å². The van der Waals surface area contributed by atoms with Gasteiger partial charge in [0.05, 0.1) is 13.2 Å². The van der Waals surface area contributed by atoms with Crippen LogP contribution in [0.4, 0.5) is 0 Å². The Morgan fingerprint density at radius 2 is 2.06 bits per heavy atom. The topological polar surface area (TPSA) is 51.3 Å². The number of esters is 1. The number of nitrogens with one attached hydrogen (secondary N) is 1. The maximum Gasteiger partial charge on any atom is 0.354 e. The Balaban J connectivity index is 2.37. The number of methoxy groups -OCH3 is 1. The van der Waals surface area contributed by atoms with Crippen molar-refractivity contribution in [3.63, 3.8) is 0 Å². The molecule has 17 heavy (non-hydrogen) atoms. The highest BCUT2D eigenvalue weighted by atomic mass is 16.5. The van der Waals surface area contributed by atoms with E-state index in [1.165, 1.54) is 7.11 Å².